The molecule has 0 amide bonds. The molecule has 0 fully saturated rings. The highest BCUT2D eigenvalue weighted by atomic mass is 35.5. The fourth-order valence-corrected chi connectivity index (χ4v) is 3.07. The smallest absolute Gasteiger partial charge is 0.182 e. The average Bonchev–Trinajstić information content (AvgIpc) is 2.69. The number of H-pyrrole nitrogens is 1. The molecule has 3 aromatic rings. The van der Waals surface area contributed by atoms with E-state index >= 15 is 0 Å². The van der Waals surface area contributed by atoms with Gasteiger partial charge in [-0.25, -0.2) is 0 Å². The molecule has 1 N–H and O–H groups in total. The Morgan fingerprint density at radius 2 is 1.80 bits per heavy atom. The quantitative estimate of drug-likeness (QED) is 0.541. The second-order valence-electron chi connectivity index (χ2n) is 4.48. The van der Waals surface area contributed by atoms with E-state index in [9.17, 15) is 0 Å². The summed E-state index contributed by atoms with van der Waals surface area (Å²) < 4.78 is 2.40. The van der Waals surface area contributed by atoms with Crippen LogP contribution in [0.4, 0.5) is 0 Å². The molecular weight excluding hydrogens is 335 g/mol. The van der Waals surface area contributed by atoms with Gasteiger partial charge in [-0.3, -0.25) is 4.57 Å². The first kappa shape index (κ1) is 14.0. The van der Waals surface area contributed by atoms with Crippen LogP contribution in [-0.4, -0.2) is 9.55 Å². The molecule has 3 rings (SSSR count). The number of aromatic amines is 1. The van der Waals surface area contributed by atoms with E-state index in [4.69, 9.17) is 47.0 Å². The molecule has 2 aromatic carbocycles. The van der Waals surface area contributed by atoms with Gasteiger partial charge in [-0.05, 0) is 55.0 Å². The molecule has 0 radical (unpaired) electrons. The number of nitrogens with zero attached hydrogens (tertiary/aromatic N) is 1. The van der Waals surface area contributed by atoms with Gasteiger partial charge >= 0.3 is 0 Å². The topological polar surface area (TPSA) is 20.7 Å². The van der Waals surface area contributed by atoms with Crippen LogP contribution in [0.1, 0.15) is 5.56 Å². The largest absolute Gasteiger partial charge is 0.330 e. The number of benzene rings is 2. The number of hydrogen-bond acceptors (Lipinski definition) is 1. The molecule has 2 nitrogen and oxygen atoms in total. The predicted molar refractivity (Wildman–Crippen MR) is 88.2 cm³/mol. The number of aryl methyl sites for hydroxylation is 1. The monoisotopic (exact) mass is 342 g/mol. The van der Waals surface area contributed by atoms with Crippen molar-refractivity contribution in [1.82, 2.24) is 9.55 Å². The van der Waals surface area contributed by atoms with Crippen LogP contribution in [-0.2, 0) is 0 Å². The summed E-state index contributed by atoms with van der Waals surface area (Å²) in [6.45, 7) is 1.91. The van der Waals surface area contributed by atoms with E-state index in [-0.39, 0.29) is 0 Å². The van der Waals surface area contributed by atoms with Gasteiger partial charge in [-0.1, -0.05) is 34.8 Å². The molecule has 0 saturated carbocycles. The Bertz CT molecular complexity index is 880. The summed E-state index contributed by atoms with van der Waals surface area (Å²) in [6.07, 6.45) is 0. The summed E-state index contributed by atoms with van der Waals surface area (Å²) in [4.78, 5) is 3.12. The minimum absolute atomic E-state index is 0.545. The first-order valence-electron chi connectivity index (χ1n) is 5.83. The summed E-state index contributed by atoms with van der Waals surface area (Å²) in [6, 6.07) is 9.18. The second-order valence-corrected chi connectivity index (χ2v) is 6.12. The van der Waals surface area contributed by atoms with E-state index in [0.717, 1.165) is 22.3 Å². The van der Waals surface area contributed by atoms with E-state index in [0.29, 0.717) is 19.8 Å². The highest BCUT2D eigenvalue weighted by molar-refractivity contribution is 7.71. The van der Waals surface area contributed by atoms with Crippen LogP contribution >= 0.6 is 47.0 Å². The van der Waals surface area contributed by atoms with Crippen LogP contribution < -0.4 is 0 Å². The van der Waals surface area contributed by atoms with Gasteiger partial charge in [-0.2, -0.15) is 0 Å². The lowest BCUT2D eigenvalue weighted by Gasteiger charge is -2.09. The van der Waals surface area contributed by atoms with Gasteiger partial charge in [0.1, 0.15) is 0 Å². The van der Waals surface area contributed by atoms with Crippen LogP contribution in [0.3, 0.4) is 0 Å². The Kier molecular flexibility index (Phi) is 3.55. The third-order valence-corrected chi connectivity index (χ3v) is 4.34. The molecular formula is C14H9Cl3N2S. The maximum absolute atomic E-state index is 6.33. The third-order valence-electron chi connectivity index (χ3n) is 3.11. The van der Waals surface area contributed by atoms with Gasteiger partial charge in [0, 0.05) is 10.0 Å². The molecule has 0 aliphatic heterocycles. The predicted octanol–water partition coefficient (Wildman–Crippen LogP) is 5.96. The lowest BCUT2D eigenvalue weighted by molar-refractivity contribution is 1.06. The summed E-state index contributed by atoms with van der Waals surface area (Å²) in [5.74, 6) is 0. The van der Waals surface area contributed by atoms with Gasteiger partial charge in [-0.15, -0.1) is 0 Å². The van der Waals surface area contributed by atoms with E-state index in [1.807, 2.05) is 41.8 Å². The Labute approximate surface area is 135 Å². The van der Waals surface area contributed by atoms with Crippen molar-refractivity contribution in [2.45, 2.75) is 6.92 Å². The molecule has 0 aliphatic carbocycles. The summed E-state index contributed by atoms with van der Waals surface area (Å²) in [5.41, 5.74) is 3.44. The molecule has 0 aliphatic rings. The molecule has 0 atom stereocenters. The SMILES string of the molecule is Cc1cc(Cl)c(-n2c(=S)[nH]c3cc(Cl)ccc32)cc1Cl. The van der Waals surface area contributed by atoms with Crippen LogP contribution in [0.5, 0.6) is 0 Å². The summed E-state index contributed by atoms with van der Waals surface area (Å²) in [5, 5.41) is 1.89. The van der Waals surface area contributed by atoms with E-state index < -0.39 is 0 Å². The summed E-state index contributed by atoms with van der Waals surface area (Å²) >= 11 is 23.9. The zero-order chi connectivity index (χ0) is 14.4. The van der Waals surface area contributed by atoms with Crippen molar-refractivity contribution in [1.29, 1.82) is 0 Å². The van der Waals surface area contributed by atoms with Crippen molar-refractivity contribution >= 4 is 58.1 Å². The van der Waals surface area contributed by atoms with Crippen molar-refractivity contribution in [3.63, 3.8) is 0 Å². The normalized spacial score (nSPS) is 11.2. The molecule has 1 heterocycles. The molecule has 0 unspecified atom stereocenters. The average molecular weight is 344 g/mol. The van der Waals surface area contributed by atoms with Crippen LogP contribution in [0.25, 0.3) is 16.7 Å². The number of rotatable bonds is 1. The maximum atomic E-state index is 6.33. The maximum Gasteiger partial charge on any atom is 0.182 e. The van der Waals surface area contributed by atoms with Crippen LogP contribution in [0.15, 0.2) is 30.3 Å². The minimum Gasteiger partial charge on any atom is -0.330 e. The number of halogens is 3. The van der Waals surface area contributed by atoms with Gasteiger partial charge in [0.2, 0.25) is 0 Å². The van der Waals surface area contributed by atoms with E-state index in [1.165, 1.54) is 0 Å². The highest BCUT2D eigenvalue weighted by Crippen LogP contribution is 2.31. The number of imidazole rings is 1. The number of hydrogen-bond donors (Lipinski definition) is 1. The van der Waals surface area contributed by atoms with Crippen molar-refractivity contribution in [3.05, 3.63) is 55.7 Å². The van der Waals surface area contributed by atoms with Crippen LogP contribution in [0.2, 0.25) is 15.1 Å². The molecule has 20 heavy (non-hydrogen) atoms. The third kappa shape index (κ3) is 2.25. The van der Waals surface area contributed by atoms with Crippen LogP contribution in [0, 0.1) is 11.7 Å². The molecule has 6 heteroatoms. The van der Waals surface area contributed by atoms with Crippen molar-refractivity contribution in [2.24, 2.45) is 0 Å². The van der Waals surface area contributed by atoms with Crippen molar-refractivity contribution in [3.8, 4) is 5.69 Å². The lowest BCUT2D eigenvalue weighted by Crippen LogP contribution is -1.96. The van der Waals surface area contributed by atoms with E-state index in [2.05, 4.69) is 4.98 Å². The van der Waals surface area contributed by atoms with Gasteiger partial charge in [0.25, 0.3) is 0 Å². The molecule has 102 valence electrons. The number of nitrogens with one attached hydrogen (secondary N) is 1. The zero-order valence-electron chi connectivity index (χ0n) is 10.4. The van der Waals surface area contributed by atoms with Crippen molar-refractivity contribution < 1.29 is 0 Å². The fraction of sp³-hybridized carbons (Fsp3) is 0.0714. The molecule has 1 aromatic heterocycles. The Balaban J connectivity index is 2.38. The van der Waals surface area contributed by atoms with Gasteiger partial charge in [0.15, 0.2) is 4.77 Å². The van der Waals surface area contributed by atoms with Gasteiger partial charge < -0.3 is 4.98 Å². The minimum atomic E-state index is 0.545. The lowest BCUT2D eigenvalue weighted by atomic mass is 10.2. The molecule has 0 saturated heterocycles. The Hall–Kier alpha value is -1.00. The highest BCUT2D eigenvalue weighted by Gasteiger charge is 2.12. The fourth-order valence-electron chi connectivity index (χ4n) is 2.13. The van der Waals surface area contributed by atoms with E-state index in [1.54, 1.807) is 0 Å². The first-order chi connectivity index (χ1) is 9.47. The molecule has 0 bridgehead atoms. The molecule has 0 spiro atoms. The van der Waals surface area contributed by atoms with Gasteiger partial charge in [0.05, 0.1) is 21.7 Å². The Morgan fingerprint density at radius 3 is 2.55 bits per heavy atom. The Morgan fingerprint density at radius 1 is 1.05 bits per heavy atom. The summed E-state index contributed by atoms with van der Waals surface area (Å²) in [7, 11) is 0. The number of fused-ring (bicyclic) bond motifs is 1. The zero-order valence-corrected chi connectivity index (χ0v) is 13.5. The standard InChI is InChI=1S/C14H9Cl3N2S/c1-7-4-10(17)13(6-9(7)16)19-12-3-2-8(15)5-11(12)18-14(19)20/h2-6H,1H3,(H,18,20). The number of aromatic nitrogens is 2. The van der Waals surface area contributed by atoms with Crippen molar-refractivity contribution in [2.75, 3.05) is 0 Å². The first-order valence-corrected chi connectivity index (χ1v) is 7.38. The second kappa shape index (κ2) is 5.08.